The van der Waals surface area contributed by atoms with Crippen molar-refractivity contribution in [3.05, 3.63) is 55.2 Å². The first kappa shape index (κ1) is 17.0. The van der Waals surface area contributed by atoms with Crippen LogP contribution in [0.1, 0.15) is 15.9 Å². The van der Waals surface area contributed by atoms with Crippen LogP contribution < -0.4 is 9.80 Å². The van der Waals surface area contributed by atoms with Crippen molar-refractivity contribution in [3.63, 3.8) is 0 Å². The van der Waals surface area contributed by atoms with Gasteiger partial charge in [-0.15, -0.1) is 0 Å². The lowest BCUT2D eigenvalue weighted by atomic mass is 10.0. The van der Waals surface area contributed by atoms with Gasteiger partial charge in [-0.25, -0.2) is 4.39 Å². The largest absolute Gasteiger partial charge is 0.312 e. The van der Waals surface area contributed by atoms with Gasteiger partial charge in [0, 0.05) is 23.6 Å². The highest BCUT2D eigenvalue weighted by atomic mass is 79.9. The SMILES string of the molecule is CN1C2=NCCN2c2cc(Br)c(C(=O)c3cc(F)ccc3Cl)c(Br)c21. The number of hydrogen-bond donors (Lipinski definition) is 0. The monoisotopic (exact) mass is 485 g/mol. The first-order chi connectivity index (χ1) is 11.9. The van der Waals surface area contributed by atoms with Crippen LogP contribution in [0.5, 0.6) is 0 Å². The number of hydrogen-bond acceptors (Lipinski definition) is 4. The number of carbonyl (C=O) groups excluding carboxylic acids is 1. The van der Waals surface area contributed by atoms with Crippen molar-refractivity contribution in [2.45, 2.75) is 0 Å². The van der Waals surface area contributed by atoms with E-state index < -0.39 is 5.82 Å². The molecular weight excluding hydrogens is 476 g/mol. The molecule has 0 saturated carbocycles. The van der Waals surface area contributed by atoms with E-state index in [-0.39, 0.29) is 16.4 Å². The minimum atomic E-state index is -0.506. The molecule has 2 aliphatic heterocycles. The molecule has 8 heteroatoms. The molecule has 4 rings (SSSR count). The van der Waals surface area contributed by atoms with Gasteiger partial charge in [-0.05, 0) is 56.1 Å². The molecular formula is C17H11Br2ClFN3O. The van der Waals surface area contributed by atoms with Crippen LogP contribution in [0.15, 0.2) is 38.2 Å². The zero-order valence-corrected chi connectivity index (χ0v) is 16.9. The number of rotatable bonds is 2. The van der Waals surface area contributed by atoms with E-state index in [1.54, 1.807) is 0 Å². The molecule has 0 atom stereocenters. The van der Waals surface area contributed by atoms with E-state index in [2.05, 4.69) is 41.8 Å². The van der Waals surface area contributed by atoms with Crippen LogP contribution in [-0.4, -0.2) is 31.9 Å². The van der Waals surface area contributed by atoms with Gasteiger partial charge in [0.1, 0.15) is 5.82 Å². The molecule has 2 aromatic carbocycles. The Kier molecular flexibility index (Phi) is 4.13. The number of aliphatic imine (C=N–C) groups is 1. The minimum absolute atomic E-state index is 0.126. The molecule has 0 aliphatic carbocycles. The third-order valence-corrected chi connectivity index (χ3v) is 6.04. The Labute approximate surface area is 165 Å². The second-order valence-corrected chi connectivity index (χ2v) is 7.82. The lowest BCUT2D eigenvalue weighted by Gasteiger charge is -2.16. The summed E-state index contributed by atoms with van der Waals surface area (Å²) in [5.74, 6) is -0.00212. The van der Waals surface area contributed by atoms with E-state index in [9.17, 15) is 9.18 Å². The fourth-order valence-corrected chi connectivity index (χ4v) is 5.11. The molecule has 25 heavy (non-hydrogen) atoms. The summed E-state index contributed by atoms with van der Waals surface area (Å²) in [5.41, 5.74) is 2.36. The van der Waals surface area contributed by atoms with Gasteiger partial charge in [0.15, 0.2) is 5.78 Å². The maximum atomic E-state index is 13.6. The first-order valence-electron chi connectivity index (χ1n) is 7.47. The van der Waals surface area contributed by atoms with Crippen LogP contribution in [0.25, 0.3) is 0 Å². The second-order valence-electron chi connectivity index (χ2n) is 5.76. The Morgan fingerprint density at radius 1 is 1.32 bits per heavy atom. The third-order valence-electron chi connectivity index (χ3n) is 4.32. The van der Waals surface area contributed by atoms with Gasteiger partial charge in [0.25, 0.3) is 0 Å². The highest BCUT2D eigenvalue weighted by molar-refractivity contribution is 9.11. The van der Waals surface area contributed by atoms with E-state index in [1.165, 1.54) is 12.1 Å². The number of nitrogens with zero attached hydrogens (tertiary/aromatic N) is 3. The number of ketones is 1. The van der Waals surface area contributed by atoms with Crippen LogP contribution in [0.3, 0.4) is 0 Å². The summed E-state index contributed by atoms with van der Waals surface area (Å²) in [6.45, 7) is 1.54. The highest BCUT2D eigenvalue weighted by Crippen LogP contribution is 2.48. The number of fused-ring (bicyclic) bond motifs is 3. The number of halogens is 4. The molecule has 2 heterocycles. The molecule has 0 unspecified atom stereocenters. The number of benzene rings is 2. The fourth-order valence-electron chi connectivity index (χ4n) is 3.19. The van der Waals surface area contributed by atoms with Crippen molar-refractivity contribution in [1.29, 1.82) is 0 Å². The van der Waals surface area contributed by atoms with E-state index in [0.29, 0.717) is 14.5 Å². The maximum Gasteiger partial charge on any atom is 0.205 e. The summed E-state index contributed by atoms with van der Waals surface area (Å²) in [6, 6.07) is 5.66. The summed E-state index contributed by atoms with van der Waals surface area (Å²) in [7, 11) is 1.91. The summed E-state index contributed by atoms with van der Waals surface area (Å²) >= 11 is 13.2. The van der Waals surface area contributed by atoms with Gasteiger partial charge in [0.05, 0.1) is 33.0 Å². The molecule has 0 fully saturated rings. The molecule has 2 aromatic rings. The predicted molar refractivity (Wildman–Crippen MR) is 105 cm³/mol. The molecule has 0 aromatic heterocycles. The summed E-state index contributed by atoms with van der Waals surface area (Å²) in [4.78, 5) is 21.6. The van der Waals surface area contributed by atoms with Gasteiger partial charge in [0.2, 0.25) is 5.96 Å². The Hall–Kier alpha value is -1.44. The molecule has 0 amide bonds. The Morgan fingerprint density at radius 2 is 2.08 bits per heavy atom. The summed E-state index contributed by atoms with van der Waals surface area (Å²) in [5, 5.41) is 0.212. The van der Waals surface area contributed by atoms with Crippen molar-refractivity contribution in [3.8, 4) is 0 Å². The summed E-state index contributed by atoms with van der Waals surface area (Å²) < 4.78 is 14.8. The van der Waals surface area contributed by atoms with E-state index in [0.717, 1.165) is 36.5 Å². The van der Waals surface area contributed by atoms with E-state index >= 15 is 0 Å². The van der Waals surface area contributed by atoms with Crippen LogP contribution in [0, 0.1) is 5.82 Å². The molecule has 0 bridgehead atoms. The maximum absolute atomic E-state index is 13.6. The zero-order chi connectivity index (χ0) is 17.9. The molecule has 0 saturated heterocycles. The fraction of sp³-hybridized carbons (Fsp3) is 0.176. The molecule has 0 spiro atoms. The van der Waals surface area contributed by atoms with Crippen LogP contribution in [-0.2, 0) is 0 Å². The number of carbonyl (C=O) groups is 1. The first-order valence-corrected chi connectivity index (χ1v) is 9.44. The Bertz CT molecular complexity index is 963. The lowest BCUT2D eigenvalue weighted by Crippen LogP contribution is -2.32. The second kappa shape index (κ2) is 6.07. The Morgan fingerprint density at radius 3 is 2.84 bits per heavy atom. The molecule has 0 N–H and O–H groups in total. The molecule has 128 valence electrons. The molecule has 0 radical (unpaired) electrons. The van der Waals surface area contributed by atoms with Crippen LogP contribution >= 0.6 is 43.5 Å². The van der Waals surface area contributed by atoms with Crippen molar-refractivity contribution in [2.24, 2.45) is 4.99 Å². The standard InChI is InChI=1S/C17H11Br2ClFN3O/c1-23-15-12(24-5-4-22-17(23)24)7-10(18)13(14(15)19)16(25)9-6-8(21)2-3-11(9)20/h2-3,6-7H,4-5H2,1H3. The molecule has 4 nitrogen and oxygen atoms in total. The van der Waals surface area contributed by atoms with Gasteiger partial charge in [-0.2, -0.15) is 0 Å². The molecule has 2 aliphatic rings. The average molecular weight is 488 g/mol. The van der Waals surface area contributed by atoms with Crippen molar-refractivity contribution >= 4 is 66.6 Å². The van der Waals surface area contributed by atoms with Crippen LogP contribution in [0.4, 0.5) is 15.8 Å². The van der Waals surface area contributed by atoms with Crippen molar-refractivity contribution < 1.29 is 9.18 Å². The van der Waals surface area contributed by atoms with Gasteiger partial charge >= 0.3 is 0 Å². The van der Waals surface area contributed by atoms with Gasteiger partial charge in [-0.1, -0.05) is 11.6 Å². The van der Waals surface area contributed by atoms with Crippen molar-refractivity contribution in [1.82, 2.24) is 0 Å². The third kappa shape index (κ3) is 2.52. The Balaban J connectivity index is 1.89. The topological polar surface area (TPSA) is 35.9 Å². The van der Waals surface area contributed by atoms with E-state index in [1.807, 2.05) is 18.0 Å². The van der Waals surface area contributed by atoms with E-state index in [4.69, 9.17) is 11.6 Å². The van der Waals surface area contributed by atoms with Crippen molar-refractivity contribution in [2.75, 3.05) is 29.9 Å². The van der Waals surface area contributed by atoms with Gasteiger partial charge < -0.3 is 9.80 Å². The smallest absolute Gasteiger partial charge is 0.205 e. The number of guanidine groups is 1. The lowest BCUT2D eigenvalue weighted by molar-refractivity contribution is 0.103. The number of anilines is 2. The quantitative estimate of drug-likeness (QED) is 0.568. The predicted octanol–water partition coefficient (Wildman–Crippen LogP) is 4.86. The normalized spacial score (nSPS) is 15.3. The summed E-state index contributed by atoms with van der Waals surface area (Å²) in [6.07, 6.45) is 0. The van der Waals surface area contributed by atoms with Crippen LogP contribution in [0.2, 0.25) is 5.02 Å². The van der Waals surface area contributed by atoms with Gasteiger partial charge in [-0.3, -0.25) is 9.79 Å². The highest BCUT2D eigenvalue weighted by Gasteiger charge is 2.37. The average Bonchev–Trinajstić information content (AvgIpc) is 3.13. The minimum Gasteiger partial charge on any atom is -0.312 e. The zero-order valence-electron chi connectivity index (χ0n) is 13.0.